The number of ether oxygens (including phenoxy) is 4. The average Bonchev–Trinajstić information content (AvgIpc) is 3.84. The monoisotopic (exact) mass is 813 g/mol. The van der Waals surface area contributed by atoms with Gasteiger partial charge in [-0.25, -0.2) is 9.78 Å². The van der Waals surface area contributed by atoms with Crippen LogP contribution in [0.4, 0.5) is 4.79 Å². The van der Waals surface area contributed by atoms with Gasteiger partial charge < -0.3 is 28.7 Å². The Balaban J connectivity index is 1.29. The van der Waals surface area contributed by atoms with Crippen molar-refractivity contribution in [3.63, 3.8) is 0 Å². The highest BCUT2D eigenvalue weighted by Gasteiger charge is 2.41. The molecular weight excluding hydrogens is 758 g/mol. The number of hydrogen-bond acceptors (Lipinski definition) is 9. The molecule has 0 unspecified atom stereocenters. The second-order valence-electron chi connectivity index (χ2n) is 15.1. The number of carbonyl (C=O) groups is 3. The molecule has 1 saturated heterocycles. The number of likely N-dealkylation sites (tertiary alicyclic amines) is 1. The zero-order valence-corrected chi connectivity index (χ0v) is 34.3. The molecule has 53 heavy (non-hydrogen) atoms. The molecule has 2 amide bonds. The molecule has 2 fully saturated rings. The molecule has 5 rings (SSSR count). The molecule has 0 spiro atoms. The molecule has 3 atom stereocenters. The Hall–Kier alpha value is -3.06. The average molecular weight is 815 g/mol. The van der Waals surface area contributed by atoms with Gasteiger partial charge in [-0.2, -0.15) is 0 Å². The van der Waals surface area contributed by atoms with Gasteiger partial charge in [0.1, 0.15) is 23.0 Å². The summed E-state index contributed by atoms with van der Waals surface area (Å²) in [7, 11) is 1.59. The first-order valence-corrected chi connectivity index (χ1v) is 21.1. The van der Waals surface area contributed by atoms with Crippen molar-refractivity contribution < 1.29 is 33.3 Å². The predicted octanol–water partition coefficient (Wildman–Crippen LogP) is 8.84. The number of amides is 2. The molecular formula is C41H56BrN3O7S. The second kappa shape index (κ2) is 19.5. The first-order valence-electron chi connectivity index (χ1n) is 19.1. The van der Waals surface area contributed by atoms with E-state index in [1.165, 1.54) is 4.90 Å². The number of aromatic nitrogens is 1. The van der Waals surface area contributed by atoms with Gasteiger partial charge in [0.15, 0.2) is 5.78 Å². The Morgan fingerprint density at radius 1 is 0.943 bits per heavy atom. The van der Waals surface area contributed by atoms with Crippen molar-refractivity contribution in [3.05, 3.63) is 46.8 Å². The van der Waals surface area contributed by atoms with Gasteiger partial charge in [-0.1, -0.05) is 59.5 Å². The lowest BCUT2D eigenvalue weighted by molar-refractivity contribution is -0.142. The van der Waals surface area contributed by atoms with Crippen molar-refractivity contribution >= 4 is 55.8 Å². The Kier molecular flexibility index (Phi) is 15.1. The van der Waals surface area contributed by atoms with Crippen molar-refractivity contribution in [1.29, 1.82) is 0 Å². The molecule has 12 heteroatoms. The van der Waals surface area contributed by atoms with Crippen molar-refractivity contribution in [2.45, 2.75) is 96.7 Å². The molecule has 1 aliphatic carbocycles. The van der Waals surface area contributed by atoms with Crippen molar-refractivity contribution in [2.75, 3.05) is 52.0 Å². The molecule has 2 heterocycles. The van der Waals surface area contributed by atoms with Crippen LogP contribution in [-0.2, 0) is 23.8 Å². The number of fused-ring (bicyclic) bond motifs is 1. The third-order valence-corrected chi connectivity index (χ3v) is 11.5. The van der Waals surface area contributed by atoms with Gasteiger partial charge in [0.2, 0.25) is 5.91 Å². The minimum absolute atomic E-state index is 0.0408. The van der Waals surface area contributed by atoms with E-state index in [1.54, 1.807) is 46.1 Å². The van der Waals surface area contributed by atoms with Crippen LogP contribution in [0.5, 0.6) is 5.75 Å². The summed E-state index contributed by atoms with van der Waals surface area (Å²) in [6.07, 6.45) is 6.45. The SMILES string of the molecule is C[C@@H](C(=O)C[C@H](C(=O)N1CCC[C@H]1c1nc(-c2ccc(OCCOCCOCCBr)c3ccccc23)cs1)C1CCCCC1)N(C)C(=O)OC(C)(C)C. The van der Waals surface area contributed by atoms with E-state index in [0.717, 1.165) is 83.1 Å². The summed E-state index contributed by atoms with van der Waals surface area (Å²) < 4.78 is 22.7. The van der Waals surface area contributed by atoms with E-state index in [4.69, 9.17) is 23.9 Å². The first-order chi connectivity index (χ1) is 25.5. The predicted molar refractivity (Wildman–Crippen MR) is 213 cm³/mol. The fourth-order valence-electron chi connectivity index (χ4n) is 7.36. The minimum atomic E-state index is -0.700. The Morgan fingerprint density at radius 2 is 1.64 bits per heavy atom. The van der Waals surface area contributed by atoms with Crippen LogP contribution in [0.1, 0.15) is 90.1 Å². The smallest absolute Gasteiger partial charge is 0.410 e. The van der Waals surface area contributed by atoms with Gasteiger partial charge in [-0.3, -0.25) is 9.59 Å². The summed E-state index contributed by atoms with van der Waals surface area (Å²) in [6, 6.07) is 11.4. The van der Waals surface area contributed by atoms with E-state index in [9.17, 15) is 14.4 Å². The second-order valence-corrected chi connectivity index (χ2v) is 16.8. The van der Waals surface area contributed by atoms with Crippen LogP contribution < -0.4 is 4.74 Å². The molecule has 0 N–H and O–H groups in total. The number of halogens is 1. The highest BCUT2D eigenvalue weighted by atomic mass is 79.9. The molecule has 0 radical (unpaired) electrons. The number of thiazole rings is 1. The molecule has 1 aromatic heterocycles. The van der Waals surface area contributed by atoms with Gasteiger partial charge in [-0.05, 0) is 76.8 Å². The van der Waals surface area contributed by atoms with Gasteiger partial charge >= 0.3 is 6.09 Å². The maximum atomic E-state index is 14.6. The number of alkyl halides is 1. The van der Waals surface area contributed by atoms with E-state index < -0.39 is 23.7 Å². The summed E-state index contributed by atoms with van der Waals surface area (Å²) in [5.41, 5.74) is 1.22. The molecule has 1 saturated carbocycles. The lowest BCUT2D eigenvalue weighted by Gasteiger charge is -2.35. The van der Waals surface area contributed by atoms with Crippen LogP contribution in [0.2, 0.25) is 0 Å². The molecule has 2 aromatic carbocycles. The zero-order chi connectivity index (χ0) is 38.0. The summed E-state index contributed by atoms with van der Waals surface area (Å²) in [5, 5.41) is 5.86. The third kappa shape index (κ3) is 11.0. The van der Waals surface area contributed by atoms with Gasteiger partial charge in [-0.15, -0.1) is 11.3 Å². The topological polar surface area (TPSA) is 108 Å². The number of benzene rings is 2. The Bertz CT molecular complexity index is 1670. The molecule has 10 nitrogen and oxygen atoms in total. The summed E-state index contributed by atoms with van der Waals surface area (Å²) in [5.74, 6) is 0.438. The van der Waals surface area contributed by atoms with E-state index in [1.807, 2.05) is 23.1 Å². The normalized spacial score (nSPS) is 17.8. The van der Waals surface area contributed by atoms with Gasteiger partial charge in [0.25, 0.3) is 0 Å². The number of rotatable bonds is 17. The number of carbonyl (C=O) groups excluding carboxylic acids is 3. The Labute approximate surface area is 327 Å². The highest BCUT2D eigenvalue weighted by Crippen LogP contribution is 2.41. The van der Waals surface area contributed by atoms with E-state index >= 15 is 0 Å². The summed E-state index contributed by atoms with van der Waals surface area (Å²) in [4.78, 5) is 49.6. The van der Waals surface area contributed by atoms with Crippen molar-refractivity contribution in [3.8, 4) is 17.0 Å². The molecule has 3 aromatic rings. The third-order valence-electron chi connectivity index (χ3n) is 10.3. The van der Waals surface area contributed by atoms with Crippen LogP contribution in [0.3, 0.4) is 0 Å². The lowest BCUT2D eigenvalue weighted by Crippen LogP contribution is -2.46. The maximum Gasteiger partial charge on any atom is 0.410 e. The maximum absolute atomic E-state index is 14.6. The molecule has 2 aliphatic rings. The minimum Gasteiger partial charge on any atom is -0.491 e. The number of ketones is 1. The number of hydrogen-bond donors (Lipinski definition) is 0. The molecule has 290 valence electrons. The van der Waals surface area contributed by atoms with E-state index in [-0.39, 0.29) is 30.1 Å². The van der Waals surface area contributed by atoms with E-state index in [0.29, 0.717) is 39.6 Å². The van der Waals surface area contributed by atoms with Crippen LogP contribution in [0.25, 0.3) is 22.0 Å². The fraction of sp³-hybridized carbons (Fsp3) is 0.610. The van der Waals surface area contributed by atoms with Gasteiger partial charge in [0, 0.05) is 47.6 Å². The van der Waals surface area contributed by atoms with E-state index in [2.05, 4.69) is 39.5 Å². The number of nitrogens with zero attached hydrogens (tertiary/aromatic N) is 3. The molecule has 1 aliphatic heterocycles. The fourth-order valence-corrected chi connectivity index (χ4v) is 8.55. The number of likely N-dealkylation sites (N-methyl/N-ethyl adjacent to an activating group) is 1. The largest absolute Gasteiger partial charge is 0.491 e. The number of Topliss-reactive ketones (excluding diaryl/α,β-unsaturated/α-hetero) is 1. The van der Waals surface area contributed by atoms with Gasteiger partial charge in [0.05, 0.1) is 44.2 Å². The van der Waals surface area contributed by atoms with Crippen LogP contribution in [0.15, 0.2) is 41.8 Å². The quantitative estimate of drug-likeness (QED) is 0.0984. The lowest BCUT2D eigenvalue weighted by atomic mass is 9.76. The summed E-state index contributed by atoms with van der Waals surface area (Å²) in [6.45, 7) is 10.4. The standard InChI is InChI=1S/C41H56BrN3O7S/c1-28(44(5)40(48)52-41(2,3)4)36(46)26-33(29-12-7-6-8-13-29)39(47)45-20-11-16-35(45)38-43-34(27-53-38)31-17-18-37(32-15-10-9-14-30(31)32)51-25-24-50-23-22-49-21-19-42/h9-10,14-15,17-18,27-29,33,35H,6-8,11-13,16,19-26H2,1-5H3/t28-,33-,35-/m0/s1. The summed E-state index contributed by atoms with van der Waals surface area (Å²) >= 11 is 4.94. The van der Waals surface area contributed by atoms with Crippen LogP contribution in [-0.4, -0.2) is 96.2 Å². The van der Waals surface area contributed by atoms with Crippen molar-refractivity contribution in [1.82, 2.24) is 14.8 Å². The Morgan fingerprint density at radius 3 is 2.36 bits per heavy atom. The first kappa shape index (κ1) is 41.1. The van der Waals surface area contributed by atoms with Crippen molar-refractivity contribution in [2.24, 2.45) is 11.8 Å². The van der Waals surface area contributed by atoms with Crippen LogP contribution in [0, 0.1) is 11.8 Å². The van der Waals surface area contributed by atoms with Crippen LogP contribution >= 0.6 is 27.3 Å². The highest BCUT2D eigenvalue weighted by molar-refractivity contribution is 9.09. The zero-order valence-electron chi connectivity index (χ0n) is 31.9. The molecule has 0 bridgehead atoms.